The van der Waals surface area contributed by atoms with Crippen molar-refractivity contribution in [2.45, 2.75) is 224 Å². The van der Waals surface area contributed by atoms with Gasteiger partial charge in [0.15, 0.2) is 0 Å². The molecule has 0 amide bonds. The summed E-state index contributed by atoms with van der Waals surface area (Å²) in [7, 11) is 1.74. The molecule has 0 spiro atoms. The Morgan fingerprint density at radius 1 is 0.589 bits per heavy atom. The lowest BCUT2D eigenvalue weighted by Gasteiger charge is -2.39. The van der Waals surface area contributed by atoms with Gasteiger partial charge >= 0.3 is 0 Å². The fraction of sp³-hybridized carbons (Fsp3) is 1.00. The van der Waals surface area contributed by atoms with Crippen LogP contribution in [0.1, 0.15) is 218 Å². The Labute approximate surface area is 358 Å². The van der Waals surface area contributed by atoms with E-state index < -0.39 is 5.60 Å². The number of hydrogen-bond donors (Lipinski definition) is 1. The Kier molecular flexibility index (Phi) is 42.5. The molecule has 1 saturated carbocycles. The molecule has 3 rings (SSSR count). The highest BCUT2D eigenvalue weighted by atomic mass is 16.5. The fourth-order valence-electron chi connectivity index (χ4n) is 5.88. The summed E-state index contributed by atoms with van der Waals surface area (Å²) in [5, 5.41) is 9.19. The van der Waals surface area contributed by atoms with Crippen LogP contribution in [-0.2, 0) is 14.2 Å². The van der Waals surface area contributed by atoms with Gasteiger partial charge in [-0.3, -0.25) is 0 Å². The van der Waals surface area contributed by atoms with E-state index in [0.29, 0.717) is 16.7 Å². The van der Waals surface area contributed by atoms with Crippen LogP contribution in [0.4, 0.5) is 0 Å². The zero-order chi connectivity index (χ0) is 45.5. The third kappa shape index (κ3) is 58.2. The molecule has 3 fully saturated rings. The van der Waals surface area contributed by atoms with Crippen molar-refractivity contribution in [1.82, 2.24) is 0 Å². The normalized spacial score (nSPS) is 16.3. The van der Waals surface area contributed by atoms with Crippen LogP contribution in [0.5, 0.6) is 0 Å². The summed E-state index contributed by atoms with van der Waals surface area (Å²) < 4.78 is 15.0. The van der Waals surface area contributed by atoms with Crippen LogP contribution in [-0.4, -0.2) is 50.9 Å². The monoisotopic (exact) mass is 803 g/mol. The Balaban J connectivity index is -0.000000178. The topological polar surface area (TPSA) is 47.9 Å². The van der Waals surface area contributed by atoms with Crippen LogP contribution in [0, 0.1) is 75.9 Å². The Morgan fingerprint density at radius 3 is 1.02 bits per heavy atom. The molecule has 0 aromatic carbocycles. The first-order valence-corrected chi connectivity index (χ1v) is 23.6. The smallest absolute Gasteiger partial charge is 0.0594 e. The molecule has 1 aliphatic carbocycles. The van der Waals surface area contributed by atoms with Crippen molar-refractivity contribution in [3.05, 3.63) is 0 Å². The van der Waals surface area contributed by atoms with Crippen LogP contribution < -0.4 is 0 Å². The molecule has 4 nitrogen and oxygen atoms in total. The van der Waals surface area contributed by atoms with Gasteiger partial charge in [-0.25, -0.2) is 0 Å². The van der Waals surface area contributed by atoms with E-state index in [4.69, 9.17) is 14.2 Å². The van der Waals surface area contributed by atoms with Crippen molar-refractivity contribution < 1.29 is 19.3 Å². The van der Waals surface area contributed by atoms with Gasteiger partial charge in [0.1, 0.15) is 0 Å². The Bertz CT molecular complexity index is 721. The zero-order valence-corrected chi connectivity index (χ0v) is 44.0. The van der Waals surface area contributed by atoms with Gasteiger partial charge in [-0.15, -0.1) is 0 Å². The van der Waals surface area contributed by atoms with Gasteiger partial charge in [-0.2, -0.15) is 0 Å². The van der Waals surface area contributed by atoms with Crippen molar-refractivity contribution in [1.29, 1.82) is 0 Å². The third-order valence-corrected chi connectivity index (χ3v) is 9.66. The number of hydrogen-bond acceptors (Lipinski definition) is 4. The lowest BCUT2D eigenvalue weighted by atomic mass is 9.78. The van der Waals surface area contributed by atoms with E-state index in [2.05, 4.69) is 159 Å². The van der Waals surface area contributed by atoms with E-state index in [9.17, 15) is 5.11 Å². The van der Waals surface area contributed by atoms with Crippen LogP contribution in [0.15, 0.2) is 0 Å². The molecule has 2 aliphatic heterocycles. The molecule has 1 N–H and O–H groups in total. The van der Waals surface area contributed by atoms with Gasteiger partial charge in [-0.1, -0.05) is 179 Å². The molecular formula is C52H114O4. The number of methoxy groups -OCH3 is 1. The van der Waals surface area contributed by atoms with E-state index in [0.717, 1.165) is 98.6 Å². The predicted octanol–water partition coefficient (Wildman–Crippen LogP) is 16.3. The van der Waals surface area contributed by atoms with Crippen LogP contribution >= 0.6 is 0 Å². The maximum atomic E-state index is 9.19. The van der Waals surface area contributed by atoms with Crippen LogP contribution in [0.25, 0.3) is 0 Å². The summed E-state index contributed by atoms with van der Waals surface area (Å²) >= 11 is 0. The summed E-state index contributed by atoms with van der Waals surface area (Å²) in [6.45, 7) is 60.0. The average molecular weight is 803 g/mol. The minimum Gasteiger partial charge on any atom is -0.390 e. The van der Waals surface area contributed by atoms with Gasteiger partial charge in [0, 0.05) is 25.0 Å². The van der Waals surface area contributed by atoms with Gasteiger partial charge in [-0.05, 0) is 104 Å². The first kappa shape index (κ1) is 65.0. The minimum absolute atomic E-state index is 0.478. The first-order chi connectivity index (χ1) is 25.2. The fourth-order valence-corrected chi connectivity index (χ4v) is 5.88. The predicted molar refractivity (Wildman–Crippen MR) is 256 cm³/mol. The van der Waals surface area contributed by atoms with E-state index >= 15 is 0 Å². The van der Waals surface area contributed by atoms with E-state index in [1.165, 1.54) is 38.5 Å². The standard InChI is InChI=1S/C8H16O.C8H18.C7H16O.C7H14.C6H12O.C6H14O.C6H14.C4H10/c1-7(2)4-8(3)5-9-6-8;1-7(2)6-8(3,4)5;1-6(2)5-7(3,4)8;1-6(2)7-4-3-5-7;1-5(2)6-3-7-4-6;1-6(2)4-5-7-3;1-5(2)6(3)4;1-4(2)3/h7H,4-6H2,1-3H3;7H,6H2,1-5H3;6,8H,5H2,1-4H3;6-7H,3-5H2,1-2H3;5-6H,3-4H2,1-2H3;6H,4-5H2,1-3H3;5-6H,1-4H3;4H,1-3H3. The maximum absolute atomic E-state index is 9.19. The quantitative estimate of drug-likeness (QED) is 0.226. The summed E-state index contributed by atoms with van der Waals surface area (Å²) in [5.41, 5.74) is 0.566. The molecular weight excluding hydrogens is 689 g/mol. The van der Waals surface area contributed by atoms with E-state index in [1.54, 1.807) is 7.11 Å². The van der Waals surface area contributed by atoms with Gasteiger partial charge < -0.3 is 19.3 Å². The molecule has 2 saturated heterocycles. The molecule has 0 unspecified atom stereocenters. The summed E-state index contributed by atoms with van der Waals surface area (Å²) in [4.78, 5) is 0. The number of rotatable bonds is 11. The van der Waals surface area contributed by atoms with Crippen molar-refractivity contribution >= 4 is 0 Å². The highest BCUT2D eigenvalue weighted by molar-refractivity contribution is 4.81. The second-order valence-electron chi connectivity index (χ2n) is 23.3. The van der Waals surface area contributed by atoms with Crippen LogP contribution in [0.2, 0.25) is 0 Å². The Morgan fingerprint density at radius 2 is 0.982 bits per heavy atom. The number of ether oxygens (including phenoxy) is 3. The van der Waals surface area contributed by atoms with E-state index in [-0.39, 0.29) is 0 Å². The molecule has 0 bridgehead atoms. The third-order valence-electron chi connectivity index (χ3n) is 9.66. The lowest BCUT2D eigenvalue weighted by Crippen LogP contribution is -2.40. The molecule has 4 heteroatoms. The summed E-state index contributed by atoms with van der Waals surface area (Å²) in [5.74, 6) is 9.29. The van der Waals surface area contributed by atoms with Crippen molar-refractivity contribution in [3.63, 3.8) is 0 Å². The van der Waals surface area contributed by atoms with Crippen molar-refractivity contribution in [2.75, 3.05) is 40.1 Å². The summed E-state index contributed by atoms with van der Waals surface area (Å²) in [6.07, 6.45) is 9.18. The summed E-state index contributed by atoms with van der Waals surface area (Å²) in [6, 6.07) is 0. The Hall–Kier alpha value is -0.160. The van der Waals surface area contributed by atoms with Gasteiger partial charge in [0.2, 0.25) is 0 Å². The van der Waals surface area contributed by atoms with Crippen LogP contribution in [0.3, 0.4) is 0 Å². The lowest BCUT2D eigenvalue weighted by molar-refractivity contribution is -0.111. The minimum atomic E-state index is -0.478. The molecule has 0 atom stereocenters. The molecule has 3 aliphatic rings. The first-order valence-electron chi connectivity index (χ1n) is 23.6. The molecule has 0 aromatic heterocycles. The highest BCUT2D eigenvalue weighted by Crippen LogP contribution is 2.33. The molecule has 0 radical (unpaired) electrons. The van der Waals surface area contributed by atoms with Crippen molar-refractivity contribution in [3.8, 4) is 0 Å². The zero-order valence-electron chi connectivity index (χ0n) is 44.0. The molecule has 56 heavy (non-hydrogen) atoms. The molecule has 0 aromatic rings. The van der Waals surface area contributed by atoms with Gasteiger partial charge in [0.05, 0.1) is 32.0 Å². The van der Waals surface area contributed by atoms with Crippen molar-refractivity contribution in [2.24, 2.45) is 75.9 Å². The largest absolute Gasteiger partial charge is 0.390 e. The van der Waals surface area contributed by atoms with Gasteiger partial charge in [0.25, 0.3) is 0 Å². The maximum Gasteiger partial charge on any atom is 0.0594 e. The van der Waals surface area contributed by atoms with E-state index in [1.807, 2.05) is 13.8 Å². The second-order valence-corrected chi connectivity index (χ2v) is 23.3. The second kappa shape index (κ2) is 36.7. The molecule has 2 heterocycles. The average Bonchev–Trinajstić information content (AvgIpc) is 2.87. The SMILES string of the molecule is CC(C)C.CC(C)C(C)C.CC(C)C1CCC1.CC(C)C1COC1.CC(C)CC(C)(C)C.CC(C)CC(C)(C)O.CC(C)CC1(C)COC1.COCCC(C)C. The molecule has 346 valence electrons. The highest BCUT2D eigenvalue weighted by Gasteiger charge is 2.33. The number of aliphatic hydroxyl groups is 1.